The zero-order valence-corrected chi connectivity index (χ0v) is 12.2. The van der Waals surface area contributed by atoms with E-state index in [1.54, 1.807) is 0 Å². The molecule has 0 unspecified atom stereocenters. The number of carbonyl (C=O) groups is 1. The molecule has 0 spiro atoms. The first kappa shape index (κ1) is 14.3. The number of para-hydroxylation sites is 1. The van der Waals surface area contributed by atoms with Gasteiger partial charge in [0.05, 0.1) is 12.2 Å². The Kier molecular flexibility index (Phi) is 3.91. The summed E-state index contributed by atoms with van der Waals surface area (Å²) in [5.74, 6) is 0.474. The van der Waals surface area contributed by atoms with Gasteiger partial charge in [-0.3, -0.25) is 0 Å². The summed E-state index contributed by atoms with van der Waals surface area (Å²) in [6.45, 7) is 2.45. The van der Waals surface area contributed by atoms with Crippen molar-refractivity contribution in [3.8, 4) is 17.1 Å². The minimum atomic E-state index is -1.03. The number of ether oxygens (including phenoxy) is 1. The lowest BCUT2D eigenvalue weighted by Gasteiger charge is -2.12. The van der Waals surface area contributed by atoms with E-state index in [0.29, 0.717) is 30.0 Å². The molecule has 2 aromatic rings. The summed E-state index contributed by atoms with van der Waals surface area (Å²) in [5, 5.41) is 12.4. The number of anilines is 1. The molecule has 0 saturated heterocycles. The van der Waals surface area contributed by atoms with E-state index < -0.39 is 5.97 Å². The maximum atomic E-state index is 11.3. The van der Waals surface area contributed by atoms with Gasteiger partial charge < -0.3 is 15.2 Å². The summed E-state index contributed by atoms with van der Waals surface area (Å²) >= 11 is 0. The van der Waals surface area contributed by atoms with Crippen LogP contribution in [0.25, 0.3) is 11.4 Å². The smallest absolute Gasteiger partial charge is 0.341 e. The van der Waals surface area contributed by atoms with Gasteiger partial charge in [0.25, 0.3) is 0 Å². The highest BCUT2D eigenvalue weighted by molar-refractivity contribution is 5.93. The topological polar surface area (TPSA) is 84.3 Å². The molecule has 3 rings (SSSR count). The van der Waals surface area contributed by atoms with Crippen LogP contribution < -0.4 is 10.1 Å². The van der Waals surface area contributed by atoms with Crippen molar-refractivity contribution in [3.05, 3.63) is 36.0 Å². The highest BCUT2D eigenvalue weighted by atomic mass is 16.5. The molecule has 0 bridgehead atoms. The van der Waals surface area contributed by atoms with E-state index >= 15 is 0 Å². The van der Waals surface area contributed by atoms with Crippen molar-refractivity contribution in [2.45, 2.75) is 25.8 Å². The SMILES string of the molecule is CCOc1ccccc1-c1ncc(C(=O)O)c(NC2CC2)n1. The third-order valence-electron chi connectivity index (χ3n) is 3.37. The van der Waals surface area contributed by atoms with E-state index in [-0.39, 0.29) is 5.56 Å². The van der Waals surface area contributed by atoms with Gasteiger partial charge in [-0.2, -0.15) is 0 Å². The van der Waals surface area contributed by atoms with Crippen LogP contribution >= 0.6 is 0 Å². The maximum absolute atomic E-state index is 11.3. The molecule has 2 N–H and O–H groups in total. The third-order valence-corrected chi connectivity index (χ3v) is 3.37. The van der Waals surface area contributed by atoms with Crippen LogP contribution in [0.4, 0.5) is 5.82 Å². The minimum absolute atomic E-state index is 0.0875. The van der Waals surface area contributed by atoms with Crippen LogP contribution in [-0.2, 0) is 0 Å². The second-order valence-electron chi connectivity index (χ2n) is 5.11. The minimum Gasteiger partial charge on any atom is -0.493 e. The molecular weight excluding hydrogens is 282 g/mol. The predicted molar refractivity (Wildman–Crippen MR) is 82.2 cm³/mol. The third kappa shape index (κ3) is 3.00. The second-order valence-corrected chi connectivity index (χ2v) is 5.11. The maximum Gasteiger partial charge on any atom is 0.341 e. The monoisotopic (exact) mass is 299 g/mol. The Morgan fingerprint density at radius 1 is 1.41 bits per heavy atom. The average Bonchev–Trinajstić information content (AvgIpc) is 3.32. The van der Waals surface area contributed by atoms with Crippen molar-refractivity contribution in [2.75, 3.05) is 11.9 Å². The van der Waals surface area contributed by atoms with Gasteiger partial charge in [-0.25, -0.2) is 14.8 Å². The molecule has 114 valence electrons. The average molecular weight is 299 g/mol. The fraction of sp³-hybridized carbons (Fsp3) is 0.312. The van der Waals surface area contributed by atoms with Gasteiger partial charge in [-0.1, -0.05) is 12.1 Å². The van der Waals surface area contributed by atoms with Crippen molar-refractivity contribution in [2.24, 2.45) is 0 Å². The predicted octanol–water partition coefficient (Wildman–Crippen LogP) is 2.81. The fourth-order valence-corrected chi connectivity index (χ4v) is 2.13. The Morgan fingerprint density at radius 3 is 2.86 bits per heavy atom. The Bertz CT molecular complexity index is 699. The van der Waals surface area contributed by atoms with Gasteiger partial charge in [-0.15, -0.1) is 0 Å². The van der Waals surface area contributed by atoms with E-state index in [2.05, 4.69) is 15.3 Å². The van der Waals surface area contributed by atoms with E-state index in [0.717, 1.165) is 18.4 Å². The van der Waals surface area contributed by atoms with Crippen molar-refractivity contribution in [1.82, 2.24) is 9.97 Å². The van der Waals surface area contributed by atoms with Gasteiger partial charge in [-0.05, 0) is 31.9 Å². The zero-order chi connectivity index (χ0) is 15.5. The van der Waals surface area contributed by atoms with Crippen LogP contribution in [0.15, 0.2) is 30.5 Å². The van der Waals surface area contributed by atoms with Crippen molar-refractivity contribution in [1.29, 1.82) is 0 Å². The lowest BCUT2D eigenvalue weighted by molar-refractivity contribution is 0.0697. The van der Waals surface area contributed by atoms with Crippen LogP contribution in [0, 0.1) is 0 Å². The number of benzene rings is 1. The quantitative estimate of drug-likeness (QED) is 0.853. The molecule has 1 fully saturated rings. The van der Waals surface area contributed by atoms with Crippen molar-refractivity contribution < 1.29 is 14.6 Å². The van der Waals surface area contributed by atoms with E-state index in [9.17, 15) is 9.90 Å². The second kappa shape index (κ2) is 6.01. The molecule has 0 atom stereocenters. The Hall–Kier alpha value is -2.63. The molecule has 1 aromatic carbocycles. The molecule has 0 radical (unpaired) electrons. The number of hydrogen-bond acceptors (Lipinski definition) is 5. The number of nitrogens with zero attached hydrogens (tertiary/aromatic N) is 2. The van der Waals surface area contributed by atoms with Gasteiger partial charge >= 0.3 is 5.97 Å². The molecule has 6 heteroatoms. The van der Waals surface area contributed by atoms with E-state index in [4.69, 9.17) is 4.74 Å². The number of rotatable bonds is 6. The van der Waals surface area contributed by atoms with Gasteiger partial charge in [0.15, 0.2) is 5.82 Å². The largest absolute Gasteiger partial charge is 0.493 e. The molecule has 6 nitrogen and oxygen atoms in total. The van der Waals surface area contributed by atoms with Crippen molar-refractivity contribution >= 4 is 11.8 Å². The Balaban J connectivity index is 2.02. The molecule has 22 heavy (non-hydrogen) atoms. The molecule has 0 amide bonds. The fourth-order valence-electron chi connectivity index (χ4n) is 2.13. The summed E-state index contributed by atoms with van der Waals surface area (Å²) in [6.07, 6.45) is 3.42. The molecule has 1 aromatic heterocycles. The van der Waals surface area contributed by atoms with Crippen LogP contribution in [0.3, 0.4) is 0 Å². The normalized spacial score (nSPS) is 13.7. The molecule has 1 heterocycles. The van der Waals surface area contributed by atoms with Crippen molar-refractivity contribution in [3.63, 3.8) is 0 Å². The van der Waals surface area contributed by atoms with Crippen LogP contribution in [0.1, 0.15) is 30.1 Å². The number of carboxylic acid groups (broad SMARTS) is 1. The van der Waals surface area contributed by atoms with E-state index in [1.165, 1.54) is 6.20 Å². The van der Waals surface area contributed by atoms with Gasteiger partial charge in [0.1, 0.15) is 17.1 Å². The number of aromatic carboxylic acids is 1. The Labute approximate surface area is 128 Å². The summed E-state index contributed by atoms with van der Waals surface area (Å²) < 4.78 is 5.59. The van der Waals surface area contributed by atoms with E-state index in [1.807, 2.05) is 31.2 Å². The summed E-state index contributed by atoms with van der Waals surface area (Å²) in [4.78, 5) is 19.9. The summed E-state index contributed by atoms with van der Waals surface area (Å²) in [6, 6.07) is 7.77. The van der Waals surface area contributed by atoms with Gasteiger partial charge in [0, 0.05) is 12.2 Å². The molecule has 1 aliphatic rings. The van der Waals surface area contributed by atoms with Crippen LogP contribution in [-0.4, -0.2) is 33.7 Å². The Morgan fingerprint density at radius 2 is 2.18 bits per heavy atom. The number of hydrogen-bond donors (Lipinski definition) is 2. The highest BCUT2D eigenvalue weighted by Crippen LogP contribution is 2.30. The summed E-state index contributed by atoms with van der Waals surface area (Å²) in [5.41, 5.74) is 0.838. The molecule has 1 saturated carbocycles. The molecule has 1 aliphatic carbocycles. The lowest BCUT2D eigenvalue weighted by atomic mass is 10.2. The van der Waals surface area contributed by atoms with Crippen LogP contribution in [0.5, 0.6) is 5.75 Å². The number of aromatic nitrogens is 2. The highest BCUT2D eigenvalue weighted by Gasteiger charge is 2.25. The lowest BCUT2D eigenvalue weighted by Crippen LogP contribution is -2.11. The first-order chi connectivity index (χ1) is 10.7. The number of nitrogens with one attached hydrogen (secondary N) is 1. The number of carboxylic acids is 1. The summed E-state index contributed by atoms with van der Waals surface area (Å²) in [7, 11) is 0. The standard InChI is InChI=1S/C16H17N3O3/c1-2-22-13-6-4-3-5-11(13)14-17-9-12(16(20)21)15(19-14)18-10-7-8-10/h3-6,9-10H,2,7-8H2,1H3,(H,20,21)(H,17,18,19). The van der Waals surface area contributed by atoms with Crippen LogP contribution in [0.2, 0.25) is 0 Å². The first-order valence-electron chi connectivity index (χ1n) is 7.28. The molecule has 0 aliphatic heterocycles. The first-order valence-corrected chi connectivity index (χ1v) is 7.28. The van der Waals surface area contributed by atoms with Gasteiger partial charge in [0.2, 0.25) is 0 Å². The zero-order valence-electron chi connectivity index (χ0n) is 12.2. The molecular formula is C16H17N3O3.